The van der Waals surface area contributed by atoms with Crippen LogP contribution < -0.4 is 0 Å². The highest BCUT2D eigenvalue weighted by molar-refractivity contribution is 5.86. The molecule has 26 heavy (non-hydrogen) atoms. The lowest BCUT2D eigenvalue weighted by Crippen LogP contribution is -2.57. The van der Waals surface area contributed by atoms with Crippen molar-refractivity contribution in [2.24, 2.45) is 0 Å². The second-order valence-corrected chi connectivity index (χ2v) is 6.01. The van der Waals surface area contributed by atoms with Gasteiger partial charge in [-0.2, -0.15) is 0 Å². The number of piperazine rings is 1. The van der Waals surface area contributed by atoms with Crippen molar-refractivity contribution >= 4 is 18.0 Å². The minimum absolute atomic E-state index is 0.0896. The first-order valence-electron chi connectivity index (χ1n) is 8.42. The van der Waals surface area contributed by atoms with Gasteiger partial charge in [0.15, 0.2) is 6.17 Å². The van der Waals surface area contributed by atoms with Gasteiger partial charge in [0.1, 0.15) is 12.6 Å². The maximum Gasteiger partial charge on any atom is 0.410 e. The highest BCUT2D eigenvalue weighted by atomic mass is 19.1. The predicted molar refractivity (Wildman–Crippen MR) is 90.9 cm³/mol. The number of esters is 1. The molecule has 1 aromatic carbocycles. The number of amides is 2. The fourth-order valence-corrected chi connectivity index (χ4v) is 2.72. The third-order valence-electron chi connectivity index (χ3n) is 4.30. The first-order chi connectivity index (χ1) is 12.4. The van der Waals surface area contributed by atoms with Gasteiger partial charge in [-0.25, -0.2) is 14.0 Å². The summed E-state index contributed by atoms with van der Waals surface area (Å²) in [4.78, 5) is 38.5. The Morgan fingerprint density at radius 1 is 1.27 bits per heavy atom. The number of methoxy groups -OCH3 is 1. The lowest BCUT2D eigenvalue weighted by atomic mass is 10.1. The third-order valence-corrected chi connectivity index (χ3v) is 4.30. The molecule has 1 aliphatic heterocycles. The van der Waals surface area contributed by atoms with E-state index in [1.54, 1.807) is 6.92 Å². The Hall–Kier alpha value is -2.64. The monoisotopic (exact) mass is 366 g/mol. The molecule has 7 nitrogen and oxygen atoms in total. The number of hydrogen-bond donors (Lipinski definition) is 0. The normalized spacial score (nSPS) is 18.4. The van der Waals surface area contributed by atoms with Gasteiger partial charge < -0.3 is 14.4 Å². The molecule has 1 saturated heterocycles. The summed E-state index contributed by atoms with van der Waals surface area (Å²) in [7, 11) is 1.11. The van der Waals surface area contributed by atoms with Crippen molar-refractivity contribution < 1.29 is 28.2 Å². The second kappa shape index (κ2) is 9.17. The van der Waals surface area contributed by atoms with E-state index in [0.29, 0.717) is 0 Å². The molecule has 0 aromatic heterocycles. The zero-order chi connectivity index (χ0) is 19.1. The molecule has 2 rings (SSSR count). The van der Waals surface area contributed by atoms with Crippen LogP contribution in [0.15, 0.2) is 30.3 Å². The maximum absolute atomic E-state index is 13.5. The van der Waals surface area contributed by atoms with Crippen molar-refractivity contribution in [1.29, 1.82) is 0 Å². The van der Waals surface area contributed by atoms with Gasteiger partial charge in [0.2, 0.25) is 5.91 Å². The summed E-state index contributed by atoms with van der Waals surface area (Å²) in [5.41, 5.74) is 0.857. The van der Waals surface area contributed by atoms with E-state index in [2.05, 4.69) is 4.74 Å². The van der Waals surface area contributed by atoms with E-state index in [-0.39, 0.29) is 38.6 Å². The Balaban J connectivity index is 1.84. The zero-order valence-electron chi connectivity index (χ0n) is 14.9. The smallest absolute Gasteiger partial charge is 0.410 e. The van der Waals surface area contributed by atoms with Gasteiger partial charge in [-0.15, -0.1) is 0 Å². The molecule has 8 heteroatoms. The summed E-state index contributed by atoms with van der Waals surface area (Å²) in [6.07, 6.45) is -2.46. The predicted octanol–water partition coefficient (Wildman–Crippen LogP) is 1.76. The molecule has 0 N–H and O–H groups in total. The van der Waals surface area contributed by atoms with Crippen LogP contribution in [-0.4, -0.2) is 66.7 Å². The quantitative estimate of drug-likeness (QED) is 0.717. The molecule has 142 valence electrons. The topological polar surface area (TPSA) is 76.2 Å². The fraction of sp³-hybridized carbons (Fsp3) is 0.500. The number of halogens is 1. The number of hydrogen-bond acceptors (Lipinski definition) is 5. The minimum Gasteiger partial charge on any atom is -0.467 e. The molecule has 1 heterocycles. The number of rotatable bonds is 6. The van der Waals surface area contributed by atoms with E-state index in [4.69, 9.17) is 4.74 Å². The van der Waals surface area contributed by atoms with Crippen LogP contribution in [0.3, 0.4) is 0 Å². The highest BCUT2D eigenvalue weighted by Crippen LogP contribution is 2.15. The van der Waals surface area contributed by atoms with Crippen molar-refractivity contribution in [2.45, 2.75) is 32.2 Å². The van der Waals surface area contributed by atoms with Crippen LogP contribution >= 0.6 is 0 Å². The van der Waals surface area contributed by atoms with Gasteiger partial charge in [-0.05, 0) is 12.5 Å². The van der Waals surface area contributed by atoms with E-state index < -0.39 is 24.3 Å². The minimum atomic E-state index is -1.77. The average Bonchev–Trinajstić information content (AvgIpc) is 2.67. The number of carbonyl (C=O) groups is 3. The third kappa shape index (κ3) is 4.93. The molecule has 1 aromatic rings. The lowest BCUT2D eigenvalue weighted by Gasteiger charge is -2.38. The van der Waals surface area contributed by atoms with E-state index in [0.717, 1.165) is 12.7 Å². The first-order valence-corrected chi connectivity index (χ1v) is 8.42. The summed E-state index contributed by atoms with van der Waals surface area (Å²) in [6, 6.07) is 8.54. The van der Waals surface area contributed by atoms with Crippen LogP contribution in [0.2, 0.25) is 0 Å². The van der Waals surface area contributed by atoms with Gasteiger partial charge in [-0.1, -0.05) is 30.3 Å². The Bertz CT molecular complexity index is 640. The van der Waals surface area contributed by atoms with E-state index in [1.807, 2.05) is 30.3 Å². The van der Waals surface area contributed by atoms with Gasteiger partial charge in [0.05, 0.1) is 7.11 Å². The van der Waals surface area contributed by atoms with Crippen molar-refractivity contribution in [3.05, 3.63) is 35.9 Å². The van der Waals surface area contributed by atoms with Crippen LogP contribution in [0.5, 0.6) is 0 Å². The Kier molecular flexibility index (Phi) is 6.94. The van der Waals surface area contributed by atoms with Gasteiger partial charge >= 0.3 is 12.1 Å². The van der Waals surface area contributed by atoms with E-state index in [9.17, 15) is 18.8 Å². The molecule has 0 bridgehead atoms. The molecule has 2 unspecified atom stereocenters. The number of nitrogens with zero attached hydrogens (tertiary/aromatic N) is 2. The van der Waals surface area contributed by atoms with Crippen LogP contribution in [0.4, 0.5) is 9.18 Å². The molecular formula is C18H23FN2O5. The fourth-order valence-electron chi connectivity index (χ4n) is 2.72. The largest absolute Gasteiger partial charge is 0.467 e. The van der Waals surface area contributed by atoms with Gasteiger partial charge in [-0.3, -0.25) is 9.69 Å². The van der Waals surface area contributed by atoms with Crippen LogP contribution in [-0.2, 0) is 25.7 Å². The summed E-state index contributed by atoms with van der Waals surface area (Å²) in [5, 5.41) is 0. The van der Waals surface area contributed by atoms with E-state index in [1.165, 1.54) is 9.80 Å². The number of carbonyl (C=O) groups excluding carboxylic acids is 3. The number of benzene rings is 1. The summed E-state index contributed by atoms with van der Waals surface area (Å²) < 4.78 is 23.1. The molecule has 0 aliphatic carbocycles. The number of alkyl halides is 1. The van der Waals surface area contributed by atoms with Crippen molar-refractivity contribution in [3.63, 3.8) is 0 Å². The SMILES string of the molecule is COC(=O)C(F)CCN1CCN(C(=O)OCc2ccccc2)C(C)C1=O. The molecule has 0 spiro atoms. The highest BCUT2D eigenvalue weighted by Gasteiger charge is 2.35. The molecule has 1 aliphatic rings. The second-order valence-electron chi connectivity index (χ2n) is 6.01. The van der Waals surface area contributed by atoms with Gasteiger partial charge in [0, 0.05) is 26.1 Å². The molecular weight excluding hydrogens is 343 g/mol. The lowest BCUT2D eigenvalue weighted by molar-refractivity contribution is -0.148. The number of ether oxygens (including phenoxy) is 2. The van der Waals surface area contributed by atoms with Crippen molar-refractivity contribution in [1.82, 2.24) is 9.80 Å². The van der Waals surface area contributed by atoms with Gasteiger partial charge in [0.25, 0.3) is 0 Å². The Labute approximate surface area is 151 Å². The average molecular weight is 366 g/mol. The Morgan fingerprint density at radius 3 is 2.62 bits per heavy atom. The zero-order valence-corrected chi connectivity index (χ0v) is 14.9. The van der Waals surface area contributed by atoms with Crippen molar-refractivity contribution in [2.75, 3.05) is 26.7 Å². The molecule has 2 atom stereocenters. The molecule has 0 radical (unpaired) electrons. The molecule has 1 fully saturated rings. The maximum atomic E-state index is 13.5. The summed E-state index contributed by atoms with van der Waals surface area (Å²) in [5.74, 6) is -1.25. The first kappa shape index (κ1) is 19.7. The standard InChI is InChI=1S/C18H23FN2O5/c1-13-16(22)20(9-8-15(19)17(23)25-2)10-11-21(13)18(24)26-12-14-6-4-3-5-7-14/h3-7,13,15H,8-12H2,1-2H3. The van der Waals surface area contributed by atoms with Crippen molar-refractivity contribution in [3.8, 4) is 0 Å². The van der Waals surface area contributed by atoms with E-state index >= 15 is 0 Å². The van der Waals surface area contributed by atoms with Crippen LogP contribution in [0, 0.1) is 0 Å². The molecule has 2 amide bonds. The molecule has 0 saturated carbocycles. The summed E-state index contributed by atoms with van der Waals surface area (Å²) >= 11 is 0. The van der Waals surface area contributed by atoms with Crippen LogP contribution in [0.1, 0.15) is 18.9 Å². The van der Waals surface area contributed by atoms with Crippen LogP contribution in [0.25, 0.3) is 0 Å². The summed E-state index contributed by atoms with van der Waals surface area (Å²) in [6.45, 7) is 2.37. The Morgan fingerprint density at radius 2 is 1.96 bits per heavy atom.